The van der Waals surface area contributed by atoms with Crippen molar-refractivity contribution in [1.29, 1.82) is 0 Å². The molecule has 1 aromatic carbocycles. The van der Waals surface area contributed by atoms with Gasteiger partial charge < -0.3 is 15.4 Å². The van der Waals surface area contributed by atoms with Crippen LogP contribution in [0, 0.1) is 0 Å². The molecule has 20 heavy (non-hydrogen) atoms. The van der Waals surface area contributed by atoms with E-state index < -0.39 is 0 Å². The van der Waals surface area contributed by atoms with Crippen molar-refractivity contribution in [3.8, 4) is 0 Å². The molecule has 112 valence electrons. The van der Waals surface area contributed by atoms with Crippen molar-refractivity contribution >= 4 is 18.3 Å². The number of nitrogens with zero attached hydrogens (tertiary/aromatic N) is 1. The van der Waals surface area contributed by atoms with E-state index in [4.69, 9.17) is 10.5 Å². The number of halogens is 1. The van der Waals surface area contributed by atoms with Crippen molar-refractivity contribution in [2.75, 3.05) is 26.2 Å². The number of rotatable bonds is 3. The Kier molecular flexibility index (Phi) is 6.99. The van der Waals surface area contributed by atoms with Crippen LogP contribution in [0.2, 0.25) is 0 Å². The fourth-order valence-electron chi connectivity index (χ4n) is 2.48. The molecule has 0 aliphatic carbocycles. The number of ether oxygens (including phenoxy) is 1. The molecule has 5 heteroatoms. The standard InChI is InChI=1S/C15H22N2O2.ClH/c1-12-11-17(8-5-9-19-12)15(18)14(10-16)13-6-3-2-4-7-13;/h2-4,6-7,12,14H,5,8-11,16H2,1H3;1H. The Labute approximate surface area is 126 Å². The number of amides is 1. The number of benzene rings is 1. The Morgan fingerprint density at radius 1 is 1.45 bits per heavy atom. The Morgan fingerprint density at radius 2 is 2.15 bits per heavy atom. The molecule has 1 aliphatic heterocycles. The SMILES string of the molecule is CC1CN(C(=O)C(CN)c2ccccc2)CCCO1.Cl. The quantitative estimate of drug-likeness (QED) is 0.925. The molecule has 1 aliphatic rings. The highest BCUT2D eigenvalue weighted by Gasteiger charge is 2.27. The molecule has 2 N–H and O–H groups in total. The second-order valence-corrected chi connectivity index (χ2v) is 5.02. The van der Waals surface area contributed by atoms with E-state index in [1.165, 1.54) is 0 Å². The van der Waals surface area contributed by atoms with Crippen LogP contribution >= 0.6 is 12.4 Å². The summed E-state index contributed by atoms with van der Waals surface area (Å²) in [5.41, 5.74) is 6.80. The molecule has 0 saturated carbocycles. The van der Waals surface area contributed by atoms with Crippen LogP contribution in [0.25, 0.3) is 0 Å². The smallest absolute Gasteiger partial charge is 0.231 e. The minimum atomic E-state index is -0.244. The molecular formula is C15H23ClN2O2. The molecule has 1 aromatic rings. The third-order valence-corrected chi connectivity index (χ3v) is 3.50. The zero-order valence-electron chi connectivity index (χ0n) is 11.8. The maximum Gasteiger partial charge on any atom is 0.231 e. The summed E-state index contributed by atoms with van der Waals surface area (Å²) in [5.74, 6) is -0.127. The van der Waals surface area contributed by atoms with Crippen molar-refractivity contribution in [3.05, 3.63) is 35.9 Å². The van der Waals surface area contributed by atoms with Gasteiger partial charge in [0.05, 0.1) is 12.0 Å². The zero-order chi connectivity index (χ0) is 13.7. The highest BCUT2D eigenvalue weighted by Crippen LogP contribution is 2.19. The molecule has 1 fully saturated rings. The van der Waals surface area contributed by atoms with Gasteiger partial charge in [-0.15, -0.1) is 12.4 Å². The maximum atomic E-state index is 12.6. The van der Waals surface area contributed by atoms with Crippen molar-refractivity contribution in [1.82, 2.24) is 4.90 Å². The fourth-order valence-corrected chi connectivity index (χ4v) is 2.48. The van der Waals surface area contributed by atoms with E-state index in [-0.39, 0.29) is 30.3 Å². The van der Waals surface area contributed by atoms with Crippen LogP contribution in [0.5, 0.6) is 0 Å². The summed E-state index contributed by atoms with van der Waals surface area (Å²) >= 11 is 0. The number of hydrogen-bond acceptors (Lipinski definition) is 3. The van der Waals surface area contributed by atoms with Gasteiger partial charge in [0.2, 0.25) is 5.91 Å². The third kappa shape index (κ3) is 4.20. The maximum absolute atomic E-state index is 12.6. The molecule has 0 spiro atoms. The van der Waals surface area contributed by atoms with Crippen molar-refractivity contribution in [2.45, 2.75) is 25.4 Å². The predicted molar refractivity (Wildman–Crippen MR) is 82.1 cm³/mol. The van der Waals surface area contributed by atoms with Gasteiger partial charge in [0.25, 0.3) is 0 Å². The van der Waals surface area contributed by atoms with Crippen molar-refractivity contribution in [2.24, 2.45) is 5.73 Å². The fraction of sp³-hybridized carbons (Fsp3) is 0.533. The lowest BCUT2D eigenvalue weighted by Gasteiger charge is -2.26. The van der Waals surface area contributed by atoms with Crippen LogP contribution in [0.1, 0.15) is 24.8 Å². The van der Waals surface area contributed by atoms with E-state index in [1.54, 1.807) is 0 Å². The average molecular weight is 299 g/mol. The topological polar surface area (TPSA) is 55.6 Å². The first-order chi connectivity index (χ1) is 9.22. The van der Waals surface area contributed by atoms with E-state index >= 15 is 0 Å². The van der Waals surface area contributed by atoms with E-state index in [0.717, 1.165) is 25.1 Å². The Morgan fingerprint density at radius 3 is 2.80 bits per heavy atom. The summed E-state index contributed by atoms with van der Waals surface area (Å²) in [6.45, 7) is 4.48. The third-order valence-electron chi connectivity index (χ3n) is 3.50. The van der Waals surface area contributed by atoms with Gasteiger partial charge in [0, 0.05) is 26.2 Å². The van der Waals surface area contributed by atoms with E-state index in [1.807, 2.05) is 42.2 Å². The van der Waals surface area contributed by atoms with Gasteiger partial charge in [-0.05, 0) is 18.9 Å². The summed E-state index contributed by atoms with van der Waals surface area (Å²) in [5, 5.41) is 0. The molecular weight excluding hydrogens is 276 g/mol. The highest BCUT2D eigenvalue weighted by atomic mass is 35.5. The van der Waals surface area contributed by atoms with Crippen LogP contribution in [0.3, 0.4) is 0 Å². The van der Waals surface area contributed by atoms with Gasteiger partial charge in [-0.25, -0.2) is 0 Å². The van der Waals surface area contributed by atoms with Crippen LogP contribution in [-0.4, -0.2) is 43.2 Å². The molecule has 1 heterocycles. The summed E-state index contributed by atoms with van der Waals surface area (Å²) in [7, 11) is 0. The van der Waals surface area contributed by atoms with Gasteiger partial charge in [-0.2, -0.15) is 0 Å². The Balaban J connectivity index is 0.00000200. The number of hydrogen-bond donors (Lipinski definition) is 1. The number of carbonyl (C=O) groups excluding carboxylic acids is 1. The lowest BCUT2D eigenvalue weighted by molar-refractivity contribution is -0.133. The molecule has 1 amide bonds. The summed E-state index contributed by atoms with van der Waals surface area (Å²) in [4.78, 5) is 14.5. The first-order valence-electron chi connectivity index (χ1n) is 6.87. The second kappa shape index (κ2) is 8.25. The van der Waals surface area contributed by atoms with Crippen LogP contribution in [0.4, 0.5) is 0 Å². The van der Waals surface area contributed by atoms with Crippen molar-refractivity contribution in [3.63, 3.8) is 0 Å². The van der Waals surface area contributed by atoms with Crippen molar-refractivity contribution < 1.29 is 9.53 Å². The van der Waals surface area contributed by atoms with E-state index in [2.05, 4.69) is 0 Å². The number of nitrogens with two attached hydrogens (primary N) is 1. The highest BCUT2D eigenvalue weighted by molar-refractivity contribution is 5.85. The molecule has 2 unspecified atom stereocenters. The van der Waals surface area contributed by atoms with E-state index in [9.17, 15) is 4.79 Å². The summed E-state index contributed by atoms with van der Waals surface area (Å²) < 4.78 is 5.58. The first kappa shape index (κ1) is 17.0. The lowest BCUT2D eigenvalue weighted by Crippen LogP contribution is -2.41. The molecule has 2 rings (SSSR count). The molecule has 0 aromatic heterocycles. The molecule has 1 saturated heterocycles. The van der Waals surface area contributed by atoms with E-state index in [0.29, 0.717) is 13.1 Å². The molecule has 0 radical (unpaired) electrons. The van der Waals surface area contributed by atoms with Gasteiger partial charge >= 0.3 is 0 Å². The number of carbonyl (C=O) groups is 1. The predicted octanol–water partition coefficient (Wildman–Crippen LogP) is 1.79. The van der Waals surface area contributed by atoms with Gasteiger partial charge in [-0.1, -0.05) is 30.3 Å². The molecule has 4 nitrogen and oxygen atoms in total. The Hall–Kier alpha value is -1.10. The first-order valence-corrected chi connectivity index (χ1v) is 6.87. The van der Waals surface area contributed by atoms with Gasteiger partial charge in [0.1, 0.15) is 0 Å². The van der Waals surface area contributed by atoms with Crippen LogP contribution < -0.4 is 5.73 Å². The lowest BCUT2D eigenvalue weighted by atomic mass is 9.97. The minimum absolute atomic E-state index is 0. The molecule has 2 atom stereocenters. The van der Waals surface area contributed by atoms with Gasteiger partial charge in [0.15, 0.2) is 0 Å². The zero-order valence-corrected chi connectivity index (χ0v) is 12.6. The average Bonchev–Trinajstić information content (AvgIpc) is 2.65. The summed E-state index contributed by atoms with van der Waals surface area (Å²) in [6.07, 6.45) is 0.989. The minimum Gasteiger partial charge on any atom is -0.377 e. The van der Waals surface area contributed by atoms with Crippen LogP contribution in [-0.2, 0) is 9.53 Å². The Bertz CT molecular complexity index is 414. The molecule has 0 bridgehead atoms. The van der Waals surface area contributed by atoms with Gasteiger partial charge in [-0.3, -0.25) is 4.79 Å². The second-order valence-electron chi connectivity index (χ2n) is 5.02. The van der Waals surface area contributed by atoms with Crippen LogP contribution in [0.15, 0.2) is 30.3 Å². The monoisotopic (exact) mass is 298 g/mol. The normalized spacial score (nSPS) is 20.7. The summed E-state index contributed by atoms with van der Waals surface area (Å²) in [6, 6.07) is 9.77. The largest absolute Gasteiger partial charge is 0.377 e.